The van der Waals surface area contributed by atoms with Crippen LogP contribution in [0, 0.1) is 0 Å². The molecule has 0 fully saturated rings. The molecule has 0 aliphatic carbocycles. The first kappa shape index (κ1) is 18.3. The molecular weight excluding hydrogens is 342 g/mol. The fourth-order valence-corrected chi connectivity index (χ4v) is 2.39. The molecule has 6 nitrogen and oxygen atoms in total. The monoisotopic (exact) mass is 363 g/mol. The Kier molecular flexibility index (Phi) is 6.25. The maximum atomic E-state index is 12.0. The van der Waals surface area contributed by atoms with Crippen LogP contribution in [0.4, 0.5) is 17.2 Å². The molecule has 1 heterocycles. The number of amides is 1. The number of rotatable bonds is 8. The molecule has 0 spiro atoms. The minimum Gasteiger partial charge on any atom is -0.497 e. The number of benzene rings is 2. The van der Waals surface area contributed by atoms with Crippen LogP contribution < -0.4 is 20.1 Å². The van der Waals surface area contributed by atoms with Crippen molar-refractivity contribution in [1.29, 1.82) is 0 Å². The number of para-hydroxylation sites is 1. The van der Waals surface area contributed by atoms with Crippen LogP contribution in [0.3, 0.4) is 0 Å². The Morgan fingerprint density at radius 3 is 2.52 bits per heavy atom. The van der Waals surface area contributed by atoms with Gasteiger partial charge in [-0.15, -0.1) is 0 Å². The summed E-state index contributed by atoms with van der Waals surface area (Å²) < 4.78 is 10.7. The summed E-state index contributed by atoms with van der Waals surface area (Å²) in [6.45, 7) is 0.318. The van der Waals surface area contributed by atoms with Gasteiger partial charge in [0.25, 0.3) is 0 Å². The quantitative estimate of drug-likeness (QED) is 0.626. The lowest BCUT2D eigenvalue weighted by Crippen LogP contribution is -2.15. The minimum atomic E-state index is -0.124. The van der Waals surface area contributed by atoms with Crippen molar-refractivity contribution in [1.82, 2.24) is 4.98 Å². The van der Waals surface area contributed by atoms with E-state index in [0.29, 0.717) is 18.1 Å². The normalized spacial score (nSPS) is 10.1. The van der Waals surface area contributed by atoms with Crippen LogP contribution in [0.2, 0.25) is 0 Å². The van der Waals surface area contributed by atoms with Crippen LogP contribution in [-0.2, 0) is 4.79 Å². The van der Waals surface area contributed by atoms with E-state index in [-0.39, 0.29) is 12.3 Å². The summed E-state index contributed by atoms with van der Waals surface area (Å²) in [6.07, 6.45) is 1.87. The van der Waals surface area contributed by atoms with Crippen LogP contribution in [-0.4, -0.2) is 24.6 Å². The van der Waals surface area contributed by atoms with E-state index in [0.717, 1.165) is 17.2 Å². The summed E-state index contributed by atoms with van der Waals surface area (Å²) in [6, 6.07) is 20.6. The Balaban J connectivity index is 1.47. The lowest BCUT2D eigenvalue weighted by Gasteiger charge is -2.09. The summed E-state index contributed by atoms with van der Waals surface area (Å²) in [5, 5.41) is 6.00. The molecule has 0 aliphatic heterocycles. The number of carbonyl (C=O) groups excluding carboxylic acids is 1. The van der Waals surface area contributed by atoms with E-state index in [1.165, 1.54) is 0 Å². The van der Waals surface area contributed by atoms with Gasteiger partial charge >= 0.3 is 0 Å². The second-order valence-corrected chi connectivity index (χ2v) is 5.75. The first-order valence-electron chi connectivity index (χ1n) is 8.58. The molecular formula is C21H21N3O3. The zero-order valence-electron chi connectivity index (χ0n) is 15.0. The Bertz CT molecular complexity index is 867. The SMILES string of the molecule is COc1cccc(Nc2ccc(NC(=O)CCOc3ccccc3)cn2)c1. The van der Waals surface area contributed by atoms with Gasteiger partial charge in [0.15, 0.2) is 0 Å². The van der Waals surface area contributed by atoms with Crippen LogP contribution in [0.5, 0.6) is 11.5 Å². The summed E-state index contributed by atoms with van der Waals surface area (Å²) in [7, 11) is 1.62. The van der Waals surface area contributed by atoms with Gasteiger partial charge in [-0.3, -0.25) is 4.79 Å². The van der Waals surface area contributed by atoms with Crippen molar-refractivity contribution in [3.8, 4) is 11.5 Å². The van der Waals surface area contributed by atoms with Gasteiger partial charge in [-0.25, -0.2) is 4.98 Å². The third-order valence-corrected chi connectivity index (χ3v) is 3.73. The summed E-state index contributed by atoms with van der Waals surface area (Å²) >= 11 is 0. The van der Waals surface area contributed by atoms with Crippen LogP contribution >= 0.6 is 0 Å². The molecule has 0 atom stereocenters. The van der Waals surface area contributed by atoms with E-state index in [4.69, 9.17) is 9.47 Å². The van der Waals surface area contributed by atoms with Crippen molar-refractivity contribution in [2.24, 2.45) is 0 Å². The molecule has 138 valence electrons. The summed E-state index contributed by atoms with van der Waals surface area (Å²) in [5.41, 5.74) is 1.51. The number of hydrogen-bond acceptors (Lipinski definition) is 5. The molecule has 6 heteroatoms. The molecule has 0 aliphatic rings. The number of ether oxygens (including phenoxy) is 2. The third kappa shape index (κ3) is 5.74. The maximum absolute atomic E-state index is 12.0. The fourth-order valence-electron chi connectivity index (χ4n) is 2.39. The highest BCUT2D eigenvalue weighted by atomic mass is 16.5. The van der Waals surface area contributed by atoms with Crippen molar-refractivity contribution in [2.45, 2.75) is 6.42 Å². The van der Waals surface area contributed by atoms with E-state index in [1.54, 1.807) is 25.4 Å². The smallest absolute Gasteiger partial charge is 0.227 e. The molecule has 3 aromatic rings. The average Bonchev–Trinajstić information content (AvgIpc) is 2.70. The van der Waals surface area contributed by atoms with Crippen molar-refractivity contribution in [3.63, 3.8) is 0 Å². The number of aromatic nitrogens is 1. The Morgan fingerprint density at radius 1 is 0.963 bits per heavy atom. The van der Waals surface area contributed by atoms with E-state index in [9.17, 15) is 4.79 Å². The average molecular weight is 363 g/mol. The van der Waals surface area contributed by atoms with Crippen molar-refractivity contribution in [2.75, 3.05) is 24.4 Å². The van der Waals surface area contributed by atoms with Gasteiger partial charge < -0.3 is 20.1 Å². The predicted molar refractivity (Wildman–Crippen MR) is 106 cm³/mol. The molecule has 2 aromatic carbocycles. The van der Waals surface area contributed by atoms with Crippen molar-refractivity contribution in [3.05, 3.63) is 72.9 Å². The van der Waals surface area contributed by atoms with E-state index < -0.39 is 0 Å². The van der Waals surface area contributed by atoms with E-state index in [1.807, 2.05) is 54.6 Å². The molecule has 3 rings (SSSR count). The molecule has 1 aromatic heterocycles. The van der Waals surface area contributed by atoms with Gasteiger partial charge in [-0.05, 0) is 36.4 Å². The fraction of sp³-hybridized carbons (Fsp3) is 0.143. The predicted octanol–water partition coefficient (Wildman–Crippen LogP) is 4.24. The molecule has 0 saturated heterocycles. The van der Waals surface area contributed by atoms with E-state index >= 15 is 0 Å². The second-order valence-electron chi connectivity index (χ2n) is 5.75. The third-order valence-electron chi connectivity index (χ3n) is 3.73. The lowest BCUT2D eigenvalue weighted by atomic mass is 10.3. The van der Waals surface area contributed by atoms with Crippen LogP contribution in [0.1, 0.15) is 6.42 Å². The highest BCUT2D eigenvalue weighted by Crippen LogP contribution is 2.20. The largest absolute Gasteiger partial charge is 0.497 e. The van der Waals surface area contributed by atoms with Crippen LogP contribution in [0.15, 0.2) is 72.9 Å². The van der Waals surface area contributed by atoms with Gasteiger partial charge in [0.2, 0.25) is 5.91 Å². The second kappa shape index (κ2) is 9.24. The van der Waals surface area contributed by atoms with Gasteiger partial charge in [0.05, 0.1) is 32.0 Å². The topological polar surface area (TPSA) is 72.5 Å². The zero-order chi connectivity index (χ0) is 18.9. The highest BCUT2D eigenvalue weighted by molar-refractivity contribution is 5.90. The number of anilines is 3. The lowest BCUT2D eigenvalue weighted by molar-refractivity contribution is -0.116. The van der Waals surface area contributed by atoms with E-state index in [2.05, 4.69) is 15.6 Å². The number of carbonyl (C=O) groups is 1. The zero-order valence-corrected chi connectivity index (χ0v) is 15.0. The molecule has 0 unspecified atom stereocenters. The van der Waals surface area contributed by atoms with Gasteiger partial charge in [-0.1, -0.05) is 24.3 Å². The Morgan fingerprint density at radius 2 is 1.78 bits per heavy atom. The van der Waals surface area contributed by atoms with Gasteiger partial charge in [0.1, 0.15) is 17.3 Å². The molecule has 0 bridgehead atoms. The number of hydrogen-bond donors (Lipinski definition) is 2. The highest BCUT2D eigenvalue weighted by Gasteiger charge is 2.04. The molecule has 0 radical (unpaired) electrons. The van der Waals surface area contributed by atoms with Gasteiger partial charge in [0, 0.05) is 11.8 Å². The number of nitrogens with zero attached hydrogens (tertiary/aromatic N) is 1. The minimum absolute atomic E-state index is 0.124. The van der Waals surface area contributed by atoms with Gasteiger partial charge in [-0.2, -0.15) is 0 Å². The van der Waals surface area contributed by atoms with Crippen molar-refractivity contribution >= 4 is 23.1 Å². The Hall–Kier alpha value is -3.54. The first-order valence-corrected chi connectivity index (χ1v) is 8.58. The summed E-state index contributed by atoms with van der Waals surface area (Å²) in [4.78, 5) is 16.3. The Labute approximate surface area is 158 Å². The molecule has 1 amide bonds. The molecule has 2 N–H and O–H groups in total. The molecule has 27 heavy (non-hydrogen) atoms. The standard InChI is InChI=1S/C21H21N3O3/c1-26-19-9-5-6-16(14-19)23-20-11-10-17(15-22-20)24-21(25)12-13-27-18-7-3-2-4-8-18/h2-11,14-15H,12-13H2,1H3,(H,22,23)(H,24,25). The number of pyridine rings is 1. The summed E-state index contributed by atoms with van der Waals surface area (Å²) in [5.74, 6) is 2.07. The van der Waals surface area contributed by atoms with Crippen molar-refractivity contribution < 1.29 is 14.3 Å². The maximum Gasteiger partial charge on any atom is 0.227 e. The number of nitrogens with one attached hydrogen (secondary N) is 2. The van der Waals surface area contributed by atoms with Crippen LogP contribution in [0.25, 0.3) is 0 Å². The first-order chi connectivity index (χ1) is 13.2. The number of methoxy groups -OCH3 is 1. The molecule has 0 saturated carbocycles.